The lowest BCUT2D eigenvalue weighted by Crippen LogP contribution is -2.33. The molecule has 0 aromatic heterocycles. The molecule has 7 heteroatoms. The summed E-state index contributed by atoms with van der Waals surface area (Å²) in [7, 11) is 0. The lowest BCUT2D eigenvalue weighted by atomic mass is 10.2. The molecule has 0 atom stereocenters. The molecule has 0 aliphatic carbocycles. The van der Waals surface area contributed by atoms with E-state index >= 15 is 0 Å². The van der Waals surface area contributed by atoms with Crippen molar-refractivity contribution in [3.63, 3.8) is 0 Å². The standard InChI is InChI=1S/C22H18F2N2O3/c23-16-6-11-19(20(24)12-16)22(28)25-13-21(27)26-17-7-9-18(10-8-17)29-14-15-4-2-1-3-5-15/h1-12H,13-14H2,(H,25,28)(H,26,27). The van der Waals surface area contributed by atoms with Crippen LogP contribution >= 0.6 is 0 Å². The fourth-order valence-corrected chi connectivity index (χ4v) is 2.51. The van der Waals surface area contributed by atoms with Gasteiger partial charge in [-0.3, -0.25) is 9.59 Å². The zero-order valence-electron chi connectivity index (χ0n) is 15.3. The van der Waals surface area contributed by atoms with Crippen LogP contribution in [0.2, 0.25) is 0 Å². The SMILES string of the molecule is O=C(CNC(=O)c1ccc(F)cc1F)Nc1ccc(OCc2ccccc2)cc1. The Labute approximate surface area is 166 Å². The van der Waals surface area contributed by atoms with Crippen molar-refractivity contribution >= 4 is 17.5 Å². The summed E-state index contributed by atoms with van der Waals surface area (Å²) < 4.78 is 32.1. The molecule has 148 valence electrons. The summed E-state index contributed by atoms with van der Waals surface area (Å²) >= 11 is 0. The zero-order valence-corrected chi connectivity index (χ0v) is 15.3. The summed E-state index contributed by atoms with van der Waals surface area (Å²) in [5.74, 6) is -2.42. The third kappa shape index (κ3) is 5.87. The second-order valence-electron chi connectivity index (χ2n) is 6.15. The minimum absolute atomic E-state index is 0.334. The molecule has 0 unspecified atom stereocenters. The smallest absolute Gasteiger partial charge is 0.254 e. The van der Waals surface area contributed by atoms with E-state index in [4.69, 9.17) is 4.74 Å². The zero-order chi connectivity index (χ0) is 20.6. The van der Waals surface area contributed by atoms with E-state index in [2.05, 4.69) is 10.6 Å². The maximum Gasteiger partial charge on any atom is 0.254 e. The number of nitrogens with one attached hydrogen (secondary N) is 2. The largest absolute Gasteiger partial charge is 0.489 e. The van der Waals surface area contributed by atoms with Crippen molar-refractivity contribution in [1.82, 2.24) is 5.32 Å². The highest BCUT2D eigenvalue weighted by Gasteiger charge is 2.13. The maximum absolute atomic E-state index is 13.6. The number of halogens is 2. The number of carbonyl (C=O) groups is 2. The molecule has 5 nitrogen and oxygen atoms in total. The summed E-state index contributed by atoms with van der Waals surface area (Å²) in [4.78, 5) is 23.9. The molecular weight excluding hydrogens is 378 g/mol. The van der Waals surface area contributed by atoms with Crippen molar-refractivity contribution < 1.29 is 23.1 Å². The molecule has 3 rings (SSSR count). The quantitative estimate of drug-likeness (QED) is 0.636. The second kappa shape index (κ2) is 9.45. The van der Waals surface area contributed by atoms with Crippen molar-refractivity contribution in [2.75, 3.05) is 11.9 Å². The molecule has 0 radical (unpaired) electrons. The molecule has 29 heavy (non-hydrogen) atoms. The van der Waals surface area contributed by atoms with Crippen LogP contribution in [0.1, 0.15) is 15.9 Å². The van der Waals surface area contributed by atoms with E-state index < -0.39 is 23.4 Å². The van der Waals surface area contributed by atoms with Gasteiger partial charge >= 0.3 is 0 Å². The Morgan fingerprint density at radius 1 is 0.897 bits per heavy atom. The number of benzene rings is 3. The van der Waals surface area contributed by atoms with Crippen molar-refractivity contribution in [3.8, 4) is 5.75 Å². The van der Waals surface area contributed by atoms with Crippen molar-refractivity contribution in [2.45, 2.75) is 6.61 Å². The van der Waals surface area contributed by atoms with Gasteiger partial charge in [0.05, 0.1) is 12.1 Å². The number of hydrogen-bond acceptors (Lipinski definition) is 3. The van der Waals surface area contributed by atoms with Crippen LogP contribution in [-0.2, 0) is 11.4 Å². The van der Waals surface area contributed by atoms with Crippen LogP contribution in [0, 0.1) is 11.6 Å². The van der Waals surface area contributed by atoms with E-state index in [0.29, 0.717) is 24.1 Å². The lowest BCUT2D eigenvalue weighted by molar-refractivity contribution is -0.115. The van der Waals surface area contributed by atoms with Crippen LogP contribution in [0.4, 0.5) is 14.5 Å². The third-order valence-corrected chi connectivity index (χ3v) is 3.97. The Bertz CT molecular complexity index is 993. The van der Waals surface area contributed by atoms with Gasteiger partial charge in [0, 0.05) is 11.8 Å². The number of ether oxygens (including phenoxy) is 1. The minimum Gasteiger partial charge on any atom is -0.489 e. The molecule has 0 fully saturated rings. The van der Waals surface area contributed by atoms with Crippen LogP contribution in [0.3, 0.4) is 0 Å². The number of carbonyl (C=O) groups excluding carboxylic acids is 2. The Hall–Kier alpha value is -3.74. The summed E-state index contributed by atoms with van der Waals surface area (Å²) in [5, 5.41) is 4.90. The van der Waals surface area contributed by atoms with E-state index in [0.717, 1.165) is 17.7 Å². The van der Waals surface area contributed by atoms with Crippen molar-refractivity contribution in [1.29, 1.82) is 0 Å². The predicted octanol–water partition coefficient (Wildman–Crippen LogP) is 3.91. The van der Waals surface area contributed by atoms with E-state index in [1.807, 2.05) is 30.3 Å². The highest BCUT2D eigenvalue weighted by atomic mass is 19.1. The van der Waals surface area contributed by atoms with E-state index in [1.54, 1.807) is 24.3 Å². The molecule has 0 aliphatic rings. The minimum atomic E-state index is -0.992. The Morgan fingerprint density at radius 2 is 1.62 bits per heavy atom. The van der Waals surface area contributed by atoms with Crippen LogP contribution < -0.4 is 15.4 Å². The number of anilines is 1. The first-order valence-electron chi connectivity index (χ1n) is 8.81. The Balaban J connectivity index is 1.47. The fraction of sp³-hybridized carbons (Fsp3) is 0.0909. The van der Waals surface area contributed by atoms with Crippen LogP contribution in [0.5, 0.6) is 5.75 Å². The van der Waals surface area contributed by atoms with Crippen molar-refractivity contribution in [2.24, 2.45) is 0 Å². The first-order chi connectivity index (χ1) is 14.0. The molecule has 2 amide bonds. The topological polar surface area (TPSA) is 67.4 Å². The Morgan fingerprint density at radius 3 is 2.31 bits per heavy atom. The van der Waals surface area contributed by atoms with E-state index in [-0.39, 0.29) is 12.1 Å². The van der Waals surface area contributed by atoms with Gasteiger partial charge in [0.2, 0.25) is 5.91 Å². The number of amides is 2. The molecule has 0 saturated carbocycles. The highest BCUT2D eigenvalue weighted by Crippen LogP contribution is 2.17. The molecule has 2 N–H and O–H groups in total. The molecule has 3 aromatic carbocycles. The second-order valence-corrected chi connectivity index (χ2v) is 6.15. The normalized spacial score (nSPS) is 10.3. The maximum atomic E-state index is 13.6. The van der Waals surface area contributed by atoms with E-state index in [9.17, 15) is 18.4 Å². The summed E-state index contributed by atoms with van der Waals surface area (Å²) in [6, 6.07) is 19.1. The predicted molar refractivity (Wildman–Crippen MR) is 105 cm³/mol. The molecule has 0 saturated heterocycles. The van der Waals surface area contributed by atoms with Gasteiger partial charge in [0.25, 0.3) is 5.91 Å². The van der Waals surface area contributed by atoms with Gasteiger partial charge in [0.15, 0.2) is 0 Å². The van der Waals surface area contributed by atoms with Gasteiger partial charge in [0.1, 0.15) is 24.0 Å². The van der Waals surface area contributed by atoms with Gasteiger partial charge in [-0.1, -0.05) is 30.3 Å². The molecule has 0 spiro atoms. The monoisotopic (exact) mass is 396 g/mol. The van der Waals surface area contributed by atoms with Crippen LogP contribution in [0.25, 0.3) is 0 Å². The summed E-state index contributed by atoms with van der Waals surface area (Å²) in [6.45, 7) is 0.0699. The third-order valence-electron chi connectivity index (χ3n) is 3.97. The van der Waals surface area contributed by atoms with Gasteiger partial charge in [-0.05, 0) is 42.0 Å². The molecule has 0 aliphatic heterocycles. The Kier molecular flexibility index (Phi) is 6.52. The van der Waals surface area contributed by atoms with E-state index in [1.165, 1.54) is 0 Å². The van der Waals surface area contributed by atoms with Gasteiger partial charge in [-0.25, -0.2) is 8.78 Å². The first-order valence-corrected chi connectivity index (χ1v) is 8.81. The van der Waals surface area contributed by atoms with Gasteiger partial charge in [-0.15, -0.1) is 0 Å². The van der Waals surface area contributed by atoms with Crippen LogP contribution in [-0.4, -0.2) is 18.4 Å². The average molecular weight is 396 g/mol. The first kappa shape index (κ1) is 20.0. The lowest BCUT2D eigenvalue weighted by Gasteiger charge is -2.09. The number of rotatable bonds is 7. The average Bonchev–Trinajstić information content (AvgIpc) is 2.72. The number of hydrogen-bond donors (Lipinski definition) is 2. The fourth-order valence-electron chi connectivity index (χ4n) is 2.51. The van der Waals surface area contributed by atoms with Gasteiger partial charge in [-0.2, -0.15) is 0 Å². The molecule has 0 bridgehead atoms. The highest BCUT2D eigenvalue weighted by molar-refractivity contribution is 5.99. The van der Waals surface area contributed by atoms with Crippen molar-refractivity contribution in [3.05, 3.63) is 95.6 Å². The van der Waals surface area contributed by atoms with Gasteiger partial charge < -0.3 is 15.4 Å². The van der Waals surface area contributed by atoms with Crippen LogP contribution in [0.15, 0.2) is 72.8 Å². The molecule has 0 heterocycles. The molecule has 3 aromatic rings. The summed E-state index contributed by atoms with van der Waals surface area (Å²) in [6.07, 6.45) is 0. The summed E-state index contributed by atoms with van der Waals surface area (Å²) in [5.41, 5.74) is 1.22. The molecular formula is C22H18F2N2O3.